The van der Waals surface area contributed by atoms with Crippen molar-refractivity contribution >= 4 is 27.3 Å². The number of hydrogen-bond acceptors (Lipinski definition) is 4. The van der Waals surface area contributed by atoms with E-state index < -0.39 is 15.8 Å². The van der Waals surface area contributed by atoms with Crippen molar-refractivity contribution in [2.75, 3.05) is 23.4 Å². The Morgan fingerprint density at radius 2 is 2.05 bits per heavy atom. The molecule has 1 aromatic carbocycles. The predicted molar refractivity (Wildman–Crippen MR) is 84.4 cm³/mol. The second kappa shape index (κ2) is 6.74. The average Bonchev–Trinajstić information content (AvgIpc) is 2.85. The molecule has 1 unspecified atom stereocenters. The summed E-state index contributed by atoms with van der Waals surface area (Å²) in [6.45, 7) is 3.84. The number of carbonyl (C=O) groups excluding carboxylic acids is 2. The van der Waals surface area contributed by atoms with Gasteiger partial charge in [-0.1, -0.05) is 18.2 Å². The van der Waals surface area contributed by atoms with Crippen molar-refractivity contribution in [3.05, 3.63) is 42.5 Å². The molecule has 0 spiro atoms. The fourth-order valence-electron chi connectivity index (χ4n) is 2.29. The maximum Gasteiger partial charge on any atom is 0.253 e. The van der Waals surface area contributed by atoms with Crippen LogP contribution in [-0.2, 0) is 14.6 Å². The Labute approximate surface area is 129 Å². The van der Waals surface area contributed by atoms with Crippen LogP contribution in [0, 0.1) is 5.92 Å². The summed E-state index contributed by atoms with van der Waals surface area (Å²) in [7, 11) is -3.12. The second-order valence-electron chi connectivity index (χ2n) is 5.13. The van der Waals surface area contributed by atoms with E-state index in [1.807, 2.05) is 0 Å². The molecule has 0 bridgehead atoms. The van der Waals surface area contributed by atoms with Crippen LogP contribution in [0.3, 0.4) is 0 Å². The van der Waals surface area contributed by atoms with Crippen molar-refractivity contribution in [2.24, 2.45) is 5.92 Å². The van der Waals surface area contributed by atoms with E-state index >= 15 is 0 Å². The zero-order chi connectivity index (χ0) is 16.2. The fourth-order valence-corrected chi connectivity index (χ4v) is 4.03. The van der Waals surface area contributed by atoms with Crippen LogP contribution in [0.2, 0.25) is 0 Å². The lowest BCUT2D eigenvalue weighted by molar-refractivity contribution is -0.119. The minimum Gasteiger partial charge on any atom is -0.349 e. The first-order valence-corrected chi connectivity index (χ1v) is 8.74. The van der Waals surface area contributed by atoms with Crippen LogP contribution in [0.25, 0.3) is 0 Å². The molecule has 1 aliphatic heterocycles. The molecular formula is C15H18N2O4S. The van der Waals surface area contributed by atoms with Gasteiger partial charge in [-0.25, -0.2) is 8.42 Å². The molecule has 6 nitrogen and oxygen atoms in total. The molecule has 2 rings (SSSR count). The summed E-state index contributed by atoms with van der Waals surface area (Å²) in [5.74, 6) is -1.36. The number of rotatable bonds is 5. The number of carbonyl (C=O) groups is 2. The lowest BCUT2D eigenvalue weighted by Gasteiger charge is -2.13. The zero-order valence-corrected chi connectivity index (χ0v) is 12.9. The van der Waals surface area contributed by atoms with Crippen LogP contribution < -0.4 is 10.6 Å². The fraction of sp³-hybridized carbons (Fsp3) is 0.333. The van der Waals surface area contributed by atoms with Crippen molar-refractivity contribution in [2.45, 2.75) is 6.42 Å². The van der Waals surface area contributed by atoms with E-state index in [-0.39, 0.29) is 23.3 Å². The molecule has 1 fully saturated rings. The quantitative estimate of drug-likeness (QED) is 0.790. The van der Waals surface area contributed by atoms with E-state index in [9.17, 15) is 18.0 Å². The first-order chi connectivity index (χ1) is 10.4. The van der Waals surface area contributed by atoms with Crippen LogP contribution in [0.15, 0.2) is 36.9 Å². The lowest BCUT2D eigenvalue weighted by Crippen LogP contribution is -2.27. The van der Waals surface area contributed by atoms with Gasteiger partial charge in [0.05, 0.1) is 28.7 Å². The van der Waals surface area contributed by atoms with E-state index in [1.54, 1.807) is 30.3 Å². The van der Waals surface area contributed by atoms with Gasteiger partial charge < -0.3 is 10.6 Å². The van der Waals surface area contributed by atoms with Gasteiger partial charge in [0.2, 0.25) is 5.91 Å². The van der Waals surface area contributed by atoms with Gasteiger partial charge in [-0.2, -0.15) is 0 Å². The number of sulfone groups is 1. The molecule has 1 heterocycles. The predicted octanol–water partition coefficient (Wildman–Crippen LogP) is 0.976. The Morgan fingerprint density at radius 1 is 1.32 bits per heavy atom. The molecule has 7 heteroatoms. The topological polar surface area (TPSA) is 92.3 Å². The summed E-state index contributed by atoms with van der Waals surface area (Å²) in [6.07, 6.45) is 1.88. The van der Waals surface area contributed by atoms with Crippen molar-refractivity contribution in [1.82, 2.24) is 5.32 Å². The lowest BCUT2D eigenvalue weighted by atomic mass is 10.1. The molecule has 0 aromatic heterocycles. The van der Waals surface area contributed by atoms with E-state index in [0.29, 0.717) is 24.2 Å². The summed E-state index contributed by atoms with van der Waals surface area (Å²) < 4.78 is 22.9. The first kappa shape index (κ1) is 16.2. The molecular weight excluding hydrogens is 304 g/mol. The third-order valence-electron chi connectivity index (χ3n) is 3.44. The smallest absolute Gasteiger partial charge is 0.253 e. The molecule has 0 radical (unpaired) electrons. The monoisotopic (exact) mass is 322 g/mol. The molecule has 2 N–H and O–H groups in total. The van der Waals surface area contributed by atoms with E-state index in [0.717, 1.165) is 0 Å². The van der Waals surface area contributed by atoms with Gasteiger partial charge in [-0.05, 0) is 18.6 Å². The molecule has 1 aromatic rings. The van der Waals surface area contributed by atoms with E-state index in [1.165, 1.54) is 0 Å². The summed E-state index contributed by atoms with van der Waals surface area (Å²) >= 11 is 0. The summed E-state index contributed by atoms with van der Waals surface area (Å²) in [4.78, 5) is 24.2. The Bertz CT molecular complexity index is 697. The molecule has 118 valence electrons. The van der Waals surface area contributed by atoms with Crippen LogP contribution in [0.5, 0.6) is 0 Å². The number of amides is 2. The van der Waals surface area contributed by atoms with Gasteiger partial charge in [0.25, 0.3) is 5.91 Å². The first-order valence-electron chi connectivity index (χ1n) is 6.92. The Hall–Kier alpha value is -2.15. The van der Waals surface area contributed by atoms with Gasteiger partial charge in [-0.3, -0.25) is 9.59 Å². The van der Waals surface area contributed by atoms with Crippen LogP contribution in [-0.4, -0.2) is 38.3 Å². The number of benzene rings is 1. The highest BCUT2D eigenvalue weighted by molar-refractivity contribution is 7.91. The van der Waals surface area contributed by atoms with Crippen molar-refractivity contribution in [3.63, 3.8) is 0 Å². The Kier molecular flexibility index (Phi) is 4.97. The number of anilines is 1. The highest BCUT2D eigenvalue weighted by atomic mass is 32.2. The highest BCUT2D eigenvalue weighted by Gasteiger charge is 2.33. The number of hydrogen-bond donors (Lipinski definition) is 2. The van der Waals surface area contributed by atoms with Crippen LogP contribution in [0.4, 0.5) is 5.69 Å². The maximum absolute atomic E-state index is 12.2. The molecule has 1 saturated heterocycles. The Morgan fingerprint density at radius 3 is 2.68 bits per heavy atom. The van der Waals surface area contributed by atoms with Crippen molar-refractivity contribution in [1.29, 1.82) is 0 Å². The highest BCUT2D eigenvalue weighted by Crippen LogP contribution is 2.22. The van der Waals surface area contributed by atoms with E-state index in [4.69, 9.17) is 0 Å². The third-order valence-corrected chi connectivity index (χ3v) is 5.21. The SMILES string of the molecule is C=CCNC(=O)c1ccccc1NC(=O)C1CCS(=O)(=O)C1. The average molecular weight is 322 g/mol. The largest absolute Gasteiger partial charge is 0.349 e. The zero-order valence-electron chi connectivity index (χ0n) is 12.0. The Balaban J connectivity index is 2.11. The number of nitrogens with one attached hydrogen (secondary N) is 2. The molecule has 0 aliphatic carbocycles. The van der Waals surface area contributed by atoms with Gasteiger partial charge in [0, 0.05) is 6.54 Å². The second-order valence-corrected chi connectivity index (χ2v) is 7.36. The summed E-state index contributed by atoms with van der Waals surface area (Å²) in [5, 5.41) is 5.30. The van der Waals surface area contributed by atoms with Gasteiger partial charge in [0.15, 0.2) is 9.84 Å². The van der Waals surface area contributed by atoms with Crippen molar-refractivity contribution < 1.29 is 18.0 Å². The minimum absolute atomic E-state index is 0.0343. The normalized spacial score (nSPS) is 19.4. The van der Waals surface area contributed by atoms with Gasteiger partial charge in [0.1, 0.15) is 0 Å². The number of para-hydroxylation sites is 1. The van der Waals surface area contributed by atoms with Crippen molar-refractivity contribution in [3.8, 4) is 0 Å². The third kappa shape index (κ3) is 3.94. The van der Waals surface area contributed by atoms with Crippen LogP contribution in [0.1, 0.15) is 16.8 Å². The summed E-state index contributed by atoms with van der Waals surface area (Å²) in [5.41, 5.74) is 0.705. The van der Waals surface area contributed by atoms with E-state index in [2.05, 4.69) is 17.2 Å². The molecule has 22 heavy (non-hydrogen) atoms. The standard InChI is InChI=1S/C15H18N2O4S/c1-2-8-16-15(19)12-5-3-4-6-13(12)17-14(18)11-7-9-22(20,21)10-11/h2-6,11H,1,7-10H2,(H,16,19)(H,17,18). The maximum atomic E-state index is 12.2. The molecule has 2 amide bonds. The van der Waals surface area contributed by atoms with Gasteiger partial charge in [-0.15, -0.1) is 6.58 Å². The molecule has 1 aliphatic rings. The minimum atomic E-state index is -3.12. The summed E-state index contributed by atoms with van der Waals surface area (Å²) in [6, 6.07) is 6.60. The molecule has 1 atom stereocenters. The van der Waals surface area contributed by atoms with Gasteiger partial charge >= 0.3 is 0 Å². The molecule has 0 saturated carbocycles. The van der Waals surface area contributed by atoms with Crippen LogP contribution >= 0.6 is 0 Å².